The summed E-state index contributed by atoms with van der Waals surface area (Å²) in [6.07, 6.45) is 0. The number of sulfone groups is 1. The second kappa shape index (κ2) is 6.04. The molecule has 0 bridgehead atoms. The molecule has 1 aromatic rings. The SMILES string of the molecule is CC1CS(=O)(=O)CCN1S(=O)(=O)Cc1ccccc1CN. The lowest BCUT2D eigenvalue weighted by Crippen LogP contribution is -2.50. The van der Waals surface area contributed by atoms with Gasteiger partial charge in [-0.05, 0) is 18.1 Å². The van der Waals surface area contributed by atoms with Gasteiger partial charge in [-0.2, -0.15) is 4.31 Å². The minimum absolute atomic E-state index is 0.0244. The Bertz CT molecular complexity index is 713. The topological polar surface area (TPSA) is 97.5 Å². The van der Waals surface area contributed by atoms with Gasteiger partial charge in [0.15, 0.2) is 9.84 Å². The van der Waals surface area contributed by atoms with Gasteiger partial charge in [-0.3, -0.25) is 0 Å². The molecule has 0 aliphatic carbocycles. The molecule has 1 saturated heterocycles. The summed E-state index contributed by atoms with van der Waals surface area (Å²) in [5, 5.41) is 0. The van der Waals surface area contributed by atoms with Crippen LogP contribution in [0.5, 0.6) is 0 Å². The highest BCUT2D eigenvalue weighted by Gasteiger charge is 2.35. The van der Waals surface area contributed by atoms with Crippen LogP contribution in [-0.2, 0) is 32.2 Å². The first-order valence-corrected chi connectivity index (χ1v) is 10.1. The van der Waals surface area contributed by atoms with Crippen LogP contribution in [0.2, 0.25) is 0 Å². The van der Waals surface area contributed by atoms with E-state index in [1.165, 1.54) is 4.31 Å². The largest absolute Gasteiger partial charge is 0.326 e. The molecule has 1 heterocycles. The summed E-state index contributed by atoms with van der Waals surface area (Å²) in [6, 6.07) is 6.60. The molecule has 1 aliphatic rings. The fourth-order valence-electron chi connectivity index (χ4n) is 2.57. The number of rotatable bonds is 4. The molecule has 8 heteroatoms. The molecule has 1 fully saturated rings. The highest BCUT2D eigenvalue weighted by Crippen LogP contribution is 2.20. The van der Waals surface area contributed by atoms with E-state index in [1.54, 1.807) is 25.1 Å². The fourth-order valence-corrected chi connectivity index (χ4v) is 6.17. The number of nitrogens with zero attached hydrogens (tertiary/aromatic N) is 1. The molecule has 0 saturated carbocycles. The smallest absolute Gasteiger partial charge is 0.218 e. The number of hydrogen-bond donors (Lipinski definition) is 1. The average molecular weight is 332 g/mol. The lowest BCUT2D eigenvalue weighted by Gasteiger charge is -2.32. The van der Waals surface area contributed by atoms with Gasteiger partial charge in [-0.1, -0.05) is 24.3 Å². The minimum Gasteiger partial charge on any atom is -0.326 e. The summed E-state index contributed by atoms with van der Waals surface area (Å²) in [4.78, 5) is 0. The van der Waals surface area contributed by atoms with Crippen molar-refractivity contribution in [2.45, 2.75) is 25.3 Å². The van der Waals surface area contributed by atoms with Crippen molar-refractivity contribution in [3.8, 4) is 0 Å². The van der Waals surface area contributed by atoms with Crippen molar-refractivity contribution >= 4 is 19.9 Å². The Morgan fingerprint density at radius 3 is 2.48 bits per heavy atom. The van der Waals surface area contributed by atoms with Crippen molar-refractivity contribution in [3.63, 3.8) is 0 Å². The molecule has 21 heavy (non-hydrogen) atoms. The van der Waals surface area contributed by atoms with Crippen molar-refractivity contribution in [2.75, 3.05) is 18.1 Å². The molecule has 1 atom stereocenters. The Labute approximate surface area is 125 Å². The lowest BCUT2D eigenvalue weighted by molar-refractivity contribution is 0.356. The maximum atomic E-state index is 12.5. The number of benzene rings is 1. The Balaban J connectivity index is 2.23. The van der Waals surface area contributed by atoms with E-state index in [4.69, 9.17) is 5.73 Å². The van der Waals surface area contributed by atoms with Crippen LogP contribution < -0.4 is 5.73 Å². The summed E-state index contributed by atoms with van der Waals surface area (Å²) in [7, 11) is -6.69. The molecule has 0 amide bonds. The van der Waals surface area contributed by atoms with Crippen molar-refractivity contribution < 1.29 is 16.8 Å². The zero-order valence-electron chi connectivity index (χ0n) is 11.9. The monoisotopic (exact) mass is 332 g/mol. The molecule has 1 aliphatic heterocycles. The van der Waals surface area contributed by atoms with E-state index in [-0.39, 0.29) is 30.3 Å². The fraction of sp³-hybridized carbons (Fsp3) is 0.538. The average Bonchev–Trinajstić information content (AvgIpc) is 2.37. The molecule has 0 aromatic heterocycles. The van der Waals surface area contributed by atoms with Crippen LogP contribution in [0.4, 0.5) is 0 Å². The summed E-state index contributed by atoms with van der Waals surface area (Å²) < 4.78 is 49.5. The molecular formula is C13H20N2O4S2. The normalized spacial score (nSPS) is 23.0. The minimum atomic E-state index is -3.56. The van der Waals surface area contributed by atoms with Crippen LogP contribution in [0.3, 0.4) is 0 Å². The first-order chi connectivity index (χ1) is 9.75. The van der Waals surface area contributed by atoms with E-state index in [9.17, 15) is 16.8 Å². The molecule has 6 nitrogen and oxygen atoms in total. The number of nitrogens with two attached hydrogens (primary N) is 1. The van der Waals surface area contributed by atoms with Crippen LogP contribution in [0.1, 0.15) is 18.1 Å². The Hall–Kier alpha value is -0.960. The summed E-state index contributed by atoms with van der Waals surface area (Å²) in [5.41, 5.74) is 7.08. The highest BCUT2D eigenvalue weighted by atomic mass is 32.2. The van der Waals surface area contributed by atoms with Crippen LogP contribution >= 0.6 is 0 Å². The summed E-state index contributed by atoms with van der Waals surface area (Å²) in [5.74, 6) is -0.384. The van der Waals surface area contributed by atoms with Crippen LogP contribution in [0.15, 0.2) is 24.3 Å². The standard InChI is InChI=1S/C13H20N2O4S2/c1-11-9-20(16,17)7-6-15(11)21(18,19)10-13-5-3-2-4-12(13)8-14/h2-5,11H,6-10,14H2,1H3. The van der Waals surface area contributed by atoms with Crippen LogP contribution in [0, 0.1) is 0 Å². The third kappa shape index (κ3) is 3.82. The number of sulfonamides is 1. The van der Waals surface area contributed by atoms with Crippen molar-refractivity contribution in [3.05, 3.63) is 35.4 Å². The molecule has 2 N–H and O–H groups in total. The first kappa shape index (κ1) is 16.4. The van der Waals surface area contributed by atoms with Gasteiger partial charge in [0, 0.05) is 19.1 Å². The molecular weight excluding hydrogens is 312 g/mol. The zero-order valence-corrected chi connectivity index (χ0v) is 13.5. The predicted molar refractivity (Wildman–Crippen MR) is 81.8 cm³/mol. The zero-order chi connectivity index (χ0) is 15.7. The Kier molecular flexibility index (Phi) is 4.72. The van der Waals surface area contributed by atoms with Crippen LogP contribution in [-0.4, -0.2) is 45.2 Å². The van der Waals surface area contributed by atoms with Gasteiger partial charge in [0.25, 0.3) is 0 Å². The Morgan fingerprint density at radius 1 is 1.29 bits per heavy atom. The molecule has 0 radical (unpaired) electrons. The van der Waals surface area contributed by atoms with E-state index >= 15 is 0 Å². The van der Waals surface area contributed by atoms with Gasteiger partial charge in [-0.25, -0.2) is 16.8 Å². The van der Waals surface area contributed by atoms with E-state index in [0.717, 1.165) is 5.56 Å². The van der Waals surface area contributed by atoms with Gasteiger partial charge in [0.1, 0.15) is 0 Å². The second-order valence-corrected chi connectivity index (χ2v) is 9.45. The number of hydrogen-bond acceptors (Lipinski definition) is 5. The van der Waals surface area contributed by atoms with Gasteiger partial charge in [0.05, 0.1) is 17.3 Å². The quantitative estimate of drug-likeness (QED) is 0.843. The van der Waals surface area contributed by atoms with E-state index in [0.29, 0.717) is 5.56 Å². The maximum absolute atomic E-state index is 12.5. The van der Waals surface area contributed by atoms with Gasteiger partial charge in [0.2, 0.25) is 10.0 Å². The van der Waals surface area contributed by atoms with Crippen molar-refractivity contribution in [1.82, 2.24) is 4.31 Å². The van der Waals surface area contributed by atoms with Gasteiger partial charge < -0.3 is 5.73 Å². The molecule has 1 unspecified atom stereocenters. The maximum Gasteiger partial charge on any atom is 0.218 e. The first-order valence-electron chi connectivity index (χ1n) is 6.72. The Morgan fingerprint density at radius 2 is 1.90 bits per heavy atom. The predicted octanol–water partition coefficient (Wildman–Crippen LogP) is 0.0940. The molecule has 1 aromatic carbocycles. The van der Waals surface area contributed by atoms with E-state index in [1.807, 2.05) is 6.07 Å². The van der Waals surface area contributed by atoms with E-state index < -0.39 is 25.9 Å². The van der Waals surface area contributed by atoms with Gasteiger partial charge in [-0.15, -0.1) is 0 Å². The molecule has 0 spiro atoms. The molecule has 118 valence electrons. The third-order valence-corrected chi connectivity index (χ3v) is 7.37. The highest BCUT2D eigenvalue weighted by molar-refractivity contribution is 7.92. The third-order valence-electron chi connectivity index (χ3n) is 3.64. The van der Waals surface area contributed by atoms with Crippen molar-refractivity contribution in [1.29, 1.82) is 0 Å². The second-order valence-electron chi connectivity index (χ2n) is 5.30. The molecule has 2 rings (SSSR count). The van der Waals surface area contributed by atoms with Crippen molar-refractivity contribution in [2.24, 2.45) is 5.73 Å². The lowest BCUT2D eigenvalue weighted by atomic mass is 10.1. The summed E-state index contributed by atoms with van der Waals surface area (Å²) >= 11 is 0. The van der Waals surface area contributed by atoms with Gasteiger partial charge >= 0.3 is 0 Å². The van der Waals surface area contributed by atoms with E-state index in [2.05, 4.69) is 0 Å². The van der Waals surface area contributed by atoms with Crippen LogP contribution in [0.25, 0.3) is 0 Å². The summed E-state index contributed by atoms with van der Waals surface area (Å²) in [6.45, 7) is 1.93.